The number of benzene rings is 1. The normalized spacial score (nSPS) is 17.4. The number of carbonyl (C=O) groups excluding carboxylic acids is 1. The Hall–Kier alpha value is -1.16. The van der Waals surface area contributed by atoms with Gasteiger partial charge >= 0.3 is 0 Å². The van der Waals surface area contributed by atoms with E-state index in [1.54, 1.807) is 13.0 Å². The SMILES string of the molecule is CSC1(CNc2ccc(N)c(C(C)=O)c2)CCCC1. The Bertz CT molecular complexity index is 467. The van der Waals surface area contributed by atoms with Crippen LogP contribution >= 0.6 is 11.8 Å². The molecule has 3 nitrogen and oxygen atoms in total. The molecule has 0 spiro atoms. The lowest BCUT2D eigenvalue weighted by atomic mass is 10.1. The summed E-state index contributed by atoms with van der Waals surface area (Å²) in [5.74, 6) is 0.0154. The molecule has 1 aromatic carbocycles. The monoisotopic (exact) mass is 278 g/mol. The van der Waals surface area contributed by atoms with Gasteiger partial charge in [-0.05, 0) is 44.2 Å². The van der Waals surface area contributed by atoms with Crippen LogP contribution in [-0.4, -0.2) is 23.3 Å². The van der Waals surface area contributed by atoms with E-state index >= 15 is 0 Å². The number of carbonyl (C=O) groups is 1. The van der Waals surface area contributed by atoms with Gasteiger partial charge in [0.05, 0.1) is 0 Å². The van der Waals surface area contributed by atoms with E-state index in [9.17, 15) is 4.79 Å². The lowest BCUT2D eigenvalue weighted by Crippen LogP contribution is -2.30. The maximum atomic E-state index is 11.5. The molecular formula is C15H22N2OS. The molecule has 0 atom stereocenters. The predicted molar refractivity (Wildman–Crippen MR) is 84.1 cm³/mol. The van der Waals surface area contributed by atoms with Crippen LogP contribution in [-0.2, 0) is 0 Å². The molecule has 2 rings (SSSR count). The maximum absolute atomic E-state index is 11.5. The third kappa shape index (κ3) is 3.24. The van der Waals surface area contributed by atoms with E-state index in [-0.39, 0.29) is 5.78 Å². The second-order valence-electron chi connectivity index (χ2n) is 5.31. The molecule has 0 aliphatic heterocycles. The van der Waals surface area contributed by atoms with Crippen molar-refractivity contribution in [2.75, 3.05) is 23.9 Å². The number of nitrogens with two attached hydrogens (primary N) is 1. The van der Waals surface area contributed by atoms with Crippen LogP contribution in [0.1, 0.15) is 43.0 Å². The Morgan fingerprint density at radius 1 is 1.42 bits per heavy atom. The van der Waals surface area contributed by atoms with Gasteiger partial charge in [0.2, 0.25) is 0 Å². The van der Waals surface area contributed by atoms with Crippen LogP contribution in [0.2, 0.25) is 0 Å². The fourth-order valence-electron chi connectivity index (χ4n) is 2.71. The summed E-state index contributed by atoms with van der Waals surface area (Å²) in [5.41, 5.74) is 7.95. The first kappa shape index (κ1) is 14.3. The largest absolute Gasteiger partial charge is 0.398 e. The van der Waals surface area contributed by atoms with E-state index in [1.807, 2.05) is 23.9 Å². The highest BCUT2D eigenvalue weighted by Crippen LogP contribution is 2.40. The molecule has 0 bridgehead atoms. The Morgan fingerprint density at radius 2 is 2.11 bits per heavy atom. The van der Waals surface area contributed by atoms with E-state index in [1.165, 1.54) is 25.7 Å². The Morgan fingerprint density at radius 3 is 2.68 bits per heavy atom. The highest BCUT2D eigenvalue weighted by molar-refractivity contribution is 8.00. The lowest BCUT2D eigenvalue weighted by Gasteiger charge is -2.27. The van der Waals surface area contributed by atoms with Crippen LogP contribution in [0.15, 0.2) is 18.2 Å². The molecule has 0 heterocycles. The van der Waals surface area contributed by atoms with Gasteiger partial charge < -0.3 is 11.1 Å². The number of anilines is 2. The number of ketones is 1. The first-order valence-electron chi connectivity index (χ1n) is 6.76. The molecule has 0 unspecified atom stereocenters. The molecule has 1 aliphatic rings. The van der Waals surface area contributed by atoms with Crippen molar-refractivity contribution in [3.8, 4) is 0 Å². The predicted octanol–water partition coefficient (Wildman–Crippen LogP) is 3.56. The second-order valence-corrected chi connectivity index (χ2v) is 6.58. The zero-order chi connectivity index (χ0) is 13.9. The van der Waals surface area contributed by atoms with Gasteiger partial charge in [-0.15, -0.1) is 0 Å². The van der Waals surface area contributed by atoms with Crippen LogP contribution in [0.4, 0.5) is 11.4 Å². The average Bonchev–Trinajstić information content (AvgIpc) is 2.87. The number of nitrogens with one attached hydrogen (secondary N) is 1. The second kappa shape index (κ2) is 5.87. The molecule has 19 heavy (non-hydrogen) atoms. The molecule has 104 valence electrons. The van der Waals surface area contributed by atoms with Gasteiger partial charge in [0.25, 0.3) is 0 Å². The van der Waals surface area contributed by atoms with Crippen molar-refractivity contribution in [2.45, 2.75) is 37.4 Å². The fraction of sp³-hybridized carbons (Fsp3) is 0.533. The summed E-state index contributed by atoms with van der Waals surface area (Å²) in [6.07, 6.45) is 7.38. The summed E-state index contributed by atoms with van der Waals surface area (Å²) in [6, 6.07) is 5.62. The fourth-order valence-corrected chi connectivity index (χ4v) is 3.62. The zero-order valence-electron chi connectivity index (χ0n) is 11.7. The van der Waals surface area contributed by atoms with E-state index in [4.69, 9.17) is 5.73 Å². The molecule has 1 saturated carbocycles. The summed E-state index contributed by atoms with van der Waals surface area (Å²) < 4.78 is 0.359. The van der Waals surface area contributed by atoms with Gasteiger partial charge in [-0.25, -0.2) is 0 Å². The number of thioether (sulfide) groups is 1. The van der Waals surface area contributed by atoms with E-state index in [0.717, 1.165) is 12.2 Å². The van der Waals surface area contributed by atoms with Crippen LogP contribution < -0.4 is 11.1 Å². The quantitative estimate of drug-likeness (QED) is 0.639. The first-order valence-corrected chi connectivity index (χ1v) is 7.98. The highest BCUT2D eigenvalue weighted by atomic mass is 32.2. The van der Waals surface area contributed by atoms with Gasteiger partial charge in [-0.3, -0.25) is 4.79 Å². The van der Waals surface area contributed by atoms with Crippen LogP contribution in [0.25, 0.3) is 0 Å². The van der Waals surface area contributed by atoms with Crippen molar-refractivity contribution in [1.82, 2.24) is 0 Å². The van der Waals surface area contributed by atoms with Gasteiger partial charge in [-0.2, -0.15) is 11.8 Å². The summed E-state index contributed by atoms with van der Waals surface area (Å²) in [6.45, 7) is 2.51. The van der Waals surface area contributed by atoms with Gasteiger partial charge in [0.1, 0.15) is 0 Å². The molecule has 1 aromatic rings. The van der Waals surface area contributed by atoms with E-state index < -0.39 is 0 Å². The average molecular weight is 278 g/mol. The molecule has 0 saturated heterocycles. The number of hydrogen-bond donors (Lipinski definition) is 2. The number of rotatable bonds is 5. The summed E-state index contributed by atoms with van der Waals surface area (Å²) in [7, 11) is 0. The maximum Gasteiger partial charge on any atom is 0.161 e. The first-order chi connectivity index (χ1) is 9.06. The number of nitrogen functional groups attached to an aromatic ring is 1. The summed E-state index contributed by atoms with van der Waals surface area (Å²) in [4.78, 5) is 11.5. The Kier molecular flexibility index (Phi) is 4.40. The van der Waals surface area contributed by atoms with E-state index in [2.05, 4.69) is 11.6 Å². The Labute approximate surface area is 119 Å². The van der Waals surface area contributed by atoms with Crippen molar-refractivity contribution < 1.29 is 4.79 Å². The van der Waals surface area contributed by atoms with Crippen molar-refractivity contribution in [2.24, 2.45) is 0 Å². The molecule has 0 aromatic heterocycles. The van der Waals surface area contributed by atoms with E-state index in [0.29, 0.717) is 16.0 Å². The minimum atomic E-state index is 0.0154. The summed E-state index contributed by atoms with van der Waals surface area (Å²) in [5, 5.41) is 3.47. The van der Waals surface area contributed by atoms with Crippen molar-refractivity contribution in [3.63, 3.8) is 0 Å². The zero-order valence-corrected chi connectivity index (χ0v) is 12.5. The molecule has 1 fully saturated rings. The van der Waals surface area contributed by atoms with Gasteiger partial charge in [0, 0.05) is 28.2 Å². The standard InChI is InChI=1S/C15H22N2OS/c1-11(18)13-9-12(5-6-14(13)16)17-10-15(19-2)7-3-4-8-15/h5-6,9,17H,3-4,7-8,10,16H2,1-2H3. The van der Waals surface area contributed by atoms with Crippen LogP contribution in [0.3, 0.4) is 0 Å². The molecule has 0 amide bonds. The molecule has 3 N–H and O–H groups in total. The summed E-state index contributed by atoms with van der Waals surface area (Å²) >= 11 is 1.96. The van der Waals surface area contributed by atoms with Crippen molar-refractivity contribution in [3.05, 3.63) is 23.8 Å². The molecular weight excluding hydrogens is 256 g/mol. The molecule has 4 heteroatoms. The molecule has 1 aliphatic carbocycles. The topological polar surface area (TPSA) is 55.1 Å². The number of Topliss-reactive ketones (excluding diaryl/α,β-unsaturated/α-hetero) is 1. The minimum absolute atomic E-state index is 0.0154. The molecule has 0 radical (unpaired) electrons. The smallest absolute Gasteiger partial charge is 0.161 e. The Balaban J connectivity index is 2.07. The van der Waals surface area contributed by atoms with Gasteiger partial charge in [0.15, 0.2) is 5.78 Å². The van der Waals surface area contributed by atoms with Crippen molar-refractivity contribution >= 4 is 28.9 Å². The van der Waals surface area contributed by atoms with Crippen LogP contribution in [0, 0.1) is 0 Å². The minimum Gasteiger partial charge on any atom is -0.398 e. The lowest BCUT2D eigenvalue weighted by molar-refractivity contribution is 0.101. The highest BCUT2D eigenvalue weighted by Gasteiger charge is 2.32. The third-order valence-electron chi connectivity index (χ3n) is 4.00. The number of hydrogen-bond acceptors (Lipinski definition) is 4. The third-order valence-corrected chi connectivity index (χ3v) is 5.41. The van der Waals surface area contributed by atoms with Gasteiger partial charge in [-0.1, -0.05) is 12.8 Å². The van der Waals surface area contributed by atoms with Crippen molar-refractivity contribution in [1.29, 1.82) is 0 Å². The van der Waals surface area contributed by atoms with Crippen LogP contribution in [0.5, 0.6) is 0 Å².